The van der Waals surface area contributed by atoms with Gasteiger partial charge in [0.2, 0.25) is 10.0 Å². The second kappa shape index (κ2) is 8.52. The lowest BCUT2D eigenvalue weighted by molar-refractivity contribution is 0.222. The van der Waals surface area contributed by atoms with Crippen molar-refractivity contribution in [1.82, 2.24) is 14.2 Å². The van der Waals surface area contributed by atoms with Crippen LogP contribution in [0.3, 0.4) is 0 Å². The van der Waals surface area contributed by atoms with Crippen LogP contribution in [0.25, 0.3) is 11.3 Å². The Morgan fingerprint density at radius 1 is 1.13 bits per heavy atom. The van der Waals surface area contributed by atoms with Gasteiger partial charge in [-0.25, -0.2) is 13.4 Å². The smallest absolute Gasteiger partial charge is 0.243 e. The number of aromatic hydroxyl groups is 1. The molecule has 0 saturated carbocycles. The van der Waals surface area contributed by atoms with Crippen molar-refractivity contribution in [1.29, 1.82) is 0 Å². The maximum Gasteiger partial charge on any atom is 0.243 e. The van der Waals surface area contributed by atoms with Gasteiger partial charge in [-0.1, -0.05) is 17.7 Å². The Labute approximate surface area is 184 Å². The normalized spacial score (nSPS) is 15.9. The minimum Gasteiger partial charge on any atom is -0.507 e. The molecule has 1 aliphatic heterocycles. The van der Waals surface area contributed by atoms with Gasteiger partial charge in [0.25, 0.3) is 0 Å². The first-order chi connectivity index (χ1) is 14.3. The summed E-state index contributed by atoms with van der Waals surface area (Å²) in [6, 6.07) is 11.5. The number of phenols is 1. The Hall–Kier alpha value is -2.17. The molecule has 0 aliphatic carbocycles. The van der Waals surface area contributed by atoms with E-state index >= 15 is 0 Å². The molecule has 0 bridgehead atoms. The van der Waals surface area contributed by atoms with Crippen molar-refractivity contribution >= 4 is 43.8 Å². The Balaban J connectivity index is 1.54. The number of thiazole rings is 1. The number of rotatable bonds is 5. The van der Waals surface area contributed by atoms with Crippen molar-refractivity contribution in [3.05, 3.63) is 52.9 Å². The van der Waals surface area contributed by atoms with Gasteiger partial charge in [-0.05, 0) is 43.4 Å². The monoisotopic (exact) mass is 464 g/mol. The van der Waals surface area contributed by atoms with E-state index < -0.39 is 10.0 Å². The molecule has 4 rings (SSSR count). The molecular weight excluding hydrogens is 444 g/mol. The summed E-state index contributed by atoms with van der Waals surface area (Å²) in [7, 11) is -1.56. The summed E-state index contributed by atoms with van der Waals surface area (Å²) in [5, 5.41) is 16.1. The van der Waals surface area contributed by atoms with Crippen molar-refractivity contribution in [2.45, 2.75) is 4.90 Å². The molecule has 158 valence electrons. The molecule has 3 aromatic rings. The molecule has 2 N–H and O–H groups in total. The van der Waals surface area contributed by atoms with Crippen molar-refractivity contribution in [2.75, 3.05) is 38.5 Å². The summed E-state index contributed by atoms with van der Waals surface area (Å²) in [5.74, 6) is 0.0940. The Kier molecular flexibility index (Phi) is 5.99. The highest BCUT2D eigenvalue weighted by molar-refractivity contribution is 7.89. The minimum atomic E-state index is -3.55. The highest BCUT2D eigenvalue weighted by Gasteiger charge is 2.27. The average molecular weight is 465 g/mol. The van der Waals surface area contributed by atoms with Crippen molar-refractivity contribution in [3.8, 4) is 17.0 Å². The van der Waals surface area contributed by atoms with Crippen LogP contribution in [-0.2, 0) is 10.0 Å². The van der Waals surface area contributed by atoms with E-state index in [2.05, 4.69) is 15.2 Å². The topological polar surface area (TPSA) is 85.8 Å². The summed E-state index contributed by atoms with van der Waals surface area (Å²) < 4.78 is 27.5. The van der Waals surface area contributed by atoms with Crippen molar-refractivity contribution < 1.29 is 13.5 Å². The van der Waals surface area contributed by atoms with Gasteiger partial charge in [0, 0.05) is 47.8 Å². The number of hydrogen-bond acceptors (Lipinski definition) is 7. The third-order valence-electron chi connectivity index (χ3n) is 4.92. The zero-order valence-electron chi connectivity index (χ0n) is 16.2. The number of anilines is 2. The largest absolute Gasteiger partial charge is 0.507 e. The zero-order chi connectivity index (χ0) is 21.3. The van der Waals surface area contributed by atoms with E-state index in [1.165, 1.54) is 21.7 Å². The lowest BCUT2D eigenvalue weighted by atomic mass is 10.1. The van der Waals surface area contributed by atoms with Crippen LogP contribution in [0, 0.1) is 0 Å². The number of likely N-dealkylation sites (N-methyl/N-ethyl adjacent to an activating group) is 1. The summed E-state index contributed by atoms with van der Waals surface area (Å²) in [6.45, 7) is 2.40. The van der Waals surface area contributed by atoms with Crippen LogP contribution in [0.1, 0.15) is 0 Å². The van der Waals surface area contributed by atoms with E-state index in [1.54, 1.807) is 41.8 Å². The fourth-order valence-electron chi connectivity index (χ4n) is 3.20. The molecular formula is C20H21ClN4O3S2. The number of nitrogens with one attached hydrogen (secondary N) is 1. The number of aromatic nitrogens is 1. The quantitative estimate of drug-likeness (QED) is 0.596. The Morgan fingerprint density at radius 2 is 1.90 bits per heavy atom. The van der Waals surface area contributed by atoms with E-state index in [1.807, 2.05) is 7.05 Å². The molecule has 0 unspecified atom stereocenters. The molecule has 0 atom stereocenters. The number of piperazine rings is 1. The minimum absolute atomic E-state index is 0.0940. The summed E-state index contributed by atoms with van der Waals surface area (Å²) in [5.41, 5.74) is 1.75. The predicted molar refractivity (Wildman–Crippen MR) is 120 cm³/mol. The van der Waals surface area contributed by atoms with Crippen LogP contribution >= 0.6 is 22.9 Å². The average Bonchev–Trinajstić information content (AvgIpc) is 3.18. The fraction of sp³-hybridized carbons (Fsp3) is 0.250. The van der Waals surface area contributed by atoms with Crippen LogP contribution in [0.2, 0.25) is 5.02 Å². The lowest BCUT2D eigenvalue weighted by Gasteiger charge is -2.31. The molecule has 0 radical (unpaired) electrons. The molecule has 1 saturated heterocycles. The highest BCUT2D eigenvalue weighted by Crippen LogP contribution is 2.34. The van der Waals surface area contributed by atoms with E-state index in [4.69, 9.17) is 11.6 Å². The van der Waals surface area contributed by atoms with Gasteiger partial charge >= 0.3 is 0 Å². The molecule has 1 aliphatic rings. The first-order valence-electron chi connectivity index (χ1n) is 9.33. The first-order valence-corrected chi connectivity index (χ1v) is 12.0. The van der Waals surface area contributed by atoms with E-state index in [0.29, 0.717) is 40.2 Å². The Morgan fingerprint density at radius 3 is 2.67 bits per heavy atom. The number of sulfonamides is 1. The number of nitrogens with zero attached hydrogens (tertiary/aromatic N) is 3. The Bertz CT molecular complexity index is 1160. The predicted octanol–water partition coefficient (Wildman–Crippen LogP) is 3.85. The molecule has 0 amide bonds. The third-order valence-corrected chi connectivity index (χ3v) is 7.81. The number of phenolic OH excluding ortho intramolecular Hbond substituents is 1. The van der Waals surface area contributed by atoms with Gasteiger partial charge in [0.05, 0.1) is 10.6 Å². The third kappa shape index (κ3) is 4.45. The van der Waals surface area contributed by atoms with Crippen molar-refractivity contribution in [3.63, 3.8) is 0 Å². The molecule has 7 nitrogen and oxygen atoms in total. The van der Waals surface area contributed by atoms with Gasteiger partial charge in [0.1, 0.15) is 5.75 Å². The van der Waals surface area contributed by atoms with Gasteiger partial charge < -0.3 is 15.3 Å². The number of halogens is 1. The summed E-state index contributed by atoms with van der Waals surface area (Å²) in [6.07, 6.45) is 0. The van der Waals surface area contributed by atoms with Gasteiger partial charge in [-0.2, -0.15) is 4.31 Å². The number of hydrogen-bond donors (Lipinski definition) is 2. The maximum atomic E-state index is 13.0. The molecule has 1 fully saturated rings. The molecule has 0 spiro atoms. The molecule has 2 heterocycles. The van der Waals surface area contributed by atoms with Crippen LogP contribution in [-0.4, -0.2) is 60.9 Å². The fourth-order valence-corrected chi connectivity index (χ4v) is 5.58. The van der Waals surface area contributed by atoms with Crippen molar-refractivity contribution in [2.24, 2.45) is 0 Å². The molecule has 10 heteroatoms. The van der Waals surface area contributed by atoms with Gasteiger partial charge in [-0.15, -0.1) is 11.3 Å². The second-order valence-corrected chi connectivity index (χ2v) is 10.3. The van der Waals surface area contributed by atoms with Crippen LogP contribution in [0.4, 0.5) is 10.8 Å². The zero-order valence-corrected chi connectivity index (χ0v) is 18.6. The highest BCUT2D eigenvalue weighted by atomic mass is 35.5. The van der Waals surface area contributed by atoms with Crippen LogP contribution in [0.5, 0.6) is 5.75 Å². The molecule has 2 aromatic carbocycles. The van der Waals surface area contributed by atoms with E-state index in [-0.39, 0.29) is 10.6 Å². The van der Waals surface area contributed by atoms with Gasteiger partial charge in [0.15, 0.2) is 5.13 Å². The van der Waals surface area contributed by atoms with E-state index in [9.17, 15) is 13.5 Å². The van der Waals surface area contributed by atoms with Crippen LogP contribution < -0.4 is 5.32 Å². The van der Waals surface area contributed by atoms with Gasteiger partial charge in [-0.3, -0.25) is 0 Å². The standard InChI is InChI=1S/C20H21ClN4O3S2/c1-24-7-9-25(10-8-24)30(27,28)16-4-2-3-15(12-16)22-20-23-18(13-29-20)17-11-14(21)5-6-19(17)26/h2-6,11-13,26H,7-10H2,1H3,(H,22,23). The molecule has 1 aromatic heterocycles. The maximum absolute atomic E-state index is 13.0. The molecule has 30 heavy (non-hydrogen) atoms. The number of benzene rings is 2. The van der Waals surface area contributed by atoms with Crippen LogP contribution in [0.15, 0.2) is 52.7 Å². The SMILES string of the molecule is CN1CCN(S(=O)(=O)c2cccc(Nc3nc(-c4cc(Cl)ccc4O)cs3)c2)CC1. The first kappa shape index (κ1) is 21.1. The van der Waals surface area contributed by atoms with E-state index in [0.717, 1.165) is 13.1 Å². The lowest BCUT2D eigenvalue weighted by Crippen LogP contribution is -2.47. The summed E-state index contributed by atoms with van der Waals surface area (Å²) in [4.78, 5) is 6.86. The summed E-state index contributed by atoms with van der Waals surface area (Å²) >= 11 is 7.37. The second-order valence-electron chi connectivity index (χ2n) is 7.06.